The third-order valence-electron chi connectivity index (χ3n) is 3.32. The number of benzene rings is 1. The predicted octanol–water partition coefficient (Wildman–Crippen LogP) is 2.68. The molecule has 2 aromatic rings. The van der Waals surface area contributed by atoms with E-state index in [0.717, 1.165) is 13.1 Å². The minimum Gasteiger partial charge on any atom is -0.336 e. The van der Waals surface area contributed by atoms with Crippen LogP contribution in [0.3, 0.4) is 0 Å². The van der Waals surface area contributed by atoms with E-state index in [2.05, 4.69) is 53.8 Å². The van der Waals surface area contributed by atoms with Gasteiger partial charge in [-0.15, -0.1) is 0 Å². The van der Waals surface area contributed by atoms with Gasteiger partial charge < -0.3 is 9.88 Å². The van der Waals surface area contributed by atoms with Gasteiger partial charge in [0.15, 0.2) is 0 Å². The Kier molecular flexibility index (Phi) is 4.15. The first-order valence-corrected chi connectivity index (χ1v) is 6.41. The van der Waals surface area contributed by atoms with Gasteiger partial charge in [-0.3, -0.25) is 0 Å². The van der Waals surface area contributed by atoms with Crippen LogP contribution in [0.15, 0.2) is 36.9 Å². The van der Waals surface area contributed by atoms with E-state index in [1.54, 1.807) is 0 Å². The van der Waals surface area contributed by atoms with Crippen LogP contribution in [0.4, 0.5) is 0 Å². The lowest BCUT2D eigenvalue weighted by Gasteiger charge is -2.16. The molecule has 1 aromatic heterocycles. The quantitative estimate of drug-likeness (QED) is 0.875. The van der Waals surface area contributed by atoms with Crippen molar-refractivity contribution in [2.45, 2.75) is 39.9 Å². The summed E-state index contributed by atoms with van der Waals surface area (Å²) in [5.74, 6) is 0. The highest BCUT2D eigenvalue weighted by Gasteiger charge is 2.05. The van der Waals surface area contributed by atoms with Crippen LogP contribution < -0.4 is 5.32 Å². The summed E-state index contributed by atoms with van der Waals surface area (Å²) in [6, 6.07) is 6.89. The van der Waals surface area contributed by atoms with Crippen LogP contribution in [0, 0.1) is 13.8 Å². The molecule has 0 saturated carbocycles. The standard InChI is InChI=1S/C15H21N3/c1-12-5-4-6-13(2)15(12)9-17-14(3)10-18-8-7-16-11-18/h4-8,11,14,17H,9-10H2,1-3H3. The number of aryl methyl sites for hydroxylation is 2. The summed E-state index contributed by atoms with van der Waals surface area (Å²) < 4.78 is 2.10. The molecule has 1 unspecified atom stereocenters. The molecule has 3 heteroatoms. The Morgan fingerprint density at radius 1 is 1.28 bits per heavy atom. The second-order valence-corrected chi connectivity index (χ2v) is 4.91. The van der Waals surface area contributed by atoms with Gasteiger partial charge in [0.05, 0.1) is 6.33 Å². The molecule has 2 rings (SSSR count). The van der Waals surface area contributed by atoms with E-state index in [9.17, 15) is 0 Å². The highest BCUT2D eigenvalue weighted by atomic mass is 15.1. The van der Waals surface area contributed by atoms with Gasteiger partial charge in [-0.1, -0.05) is 18.2 Å². The minimum atomic E-state index is 0.429. The molecule has 0 radical (unpaired) electrons. The number of hydrogen-bond donors (Lipinski definition) is 1. The molecule has 3 nitrogen and oxygen atoms in total. The lowest BCUT2D eigenvalue weighted by atomic mass is 10.0. The number of rotatable bonds is 5. The van der Waals surface area contributed by atoms with Crippen molar-refractivity contribution < 1.29 is 0 Å². The summed E-state index contributed by atoms with van der Waals surface area (Å²) in [6.45, 7) is 8.42. The Hall–Kier alpha value is -1.61. The fourth-order valence-electron chi connectivity index (χ4n) is 2.18. The highest BCUT2D eigenvalue weighted by Crippen LogP contribution is 2.13. The van der Waals surface area contributed by atoms with Crippen LogP contribution in [-0.4, -0.2) is 15.6 Å². The lowest BCUT2D eigenvalue weighted by Crippen LogP contribution is -2.30. The molecule has 1 atom stereocenters. The number of nitrogens with zero attached hydrogens (tertiary/aromatic N) is 2. The fraction of sp³-hybridized carbons (Fsp3) is 0.400. The first-order valence-electron chi connectivity index (χ1n) is 6.41. The average Bonchev–Trinajstić information content (AvgIpc) is 2.81. The van der Waals surface area contributed by atoms with Gasteiger partial charge in [0.2, 0.25) is 0 Å². The summed E-state index contributed by atoms with van der Waals surface area (Å²) in [6.07, 6.45) is 5.67. The van der Waals surface area contributed by atoms with Crippen molar-refractivity contribution in [2.75, 3.05) is 0 Å². The topological polar surface area (TPSA) is 29.9 Å². The third-order valence-corrected chi connectivity index (χ3v) is 3.32. The van der Waals surface area contributed by atoms with E-state index in [1.807, 2.05) is 18.7 Å². The molecule has 18 heavy (non-hydrogen) atoms. The molecule has 0 saturated heterocycles. The van der Waals surface area contributed by atoms with Crippen LogP contribution >= 0.6 is 0 Å². The van der Waals surface area contributed by atoms with Gasteiger partial charge >= 0.3 is 0 Å². The minimum absolute atomic E-state index is 0.429. The van der Waals surface area contributed by atoms with E-state index >= 15 is 0 Å². The van der Waals surface area contributed by atoms with Crippen molar-refractivity contribution in [1.82, 2.24) is 14.9 Å². The number of imidazole rings is 1. The SMILES string of the molecule is Cc1cccc(C)c1CNC(C)Cn1ccnc1. The van der Waals surface area contributed by atoms with Crippen molar-refractivity contribution in [2.24, 2.45) is 0 Å². The second kappa shape index (κ2) is 5.83. The zero-order chi connectivity index (χ0) is 13.0. The summed E-state index contributed by atoms with van der Waals surface area (Å²) in [5, 5.41) is 3.57. The van der Waals surface area contributed by atoms with Gasteiger partial charge in [-0.05, 0) is 37.5 Å². The molecule has 1 heterocycles. The molecular weight excluding hydrogens is 222 g/mol. The van der Waals surface area contributed by atoms with Gasteiger partial charge in [0, 0.05) is 31.5 Å². The molecule has 0 spiro atoms. The molecule has 0 fully saturated rings. The maximum atomic E-state index is 4.06. The molecule has 0 aliphatic heterocycles. The molecular formula is C15H21N3. The van der Waals surface area contributed by atoms with Crippen molar-refractivity contribution in [3.05, 3.63) is 53.6 Å². The smallest absolute Gasteiger partial charge is 0.0946 e. The number of hydrogen-bond acceptors (Lipinski definition) is 2. The van der Waals surface area contributed by atoms with Crippen LogP contribution in [-0.2, 0) is 13.1 Å². The molecule has 0 amide bonds. The van der Waals surface area contributed by atoms with Crippen molar-refractivity contribution in [3.63, 3.8) is 0 Å². The van der Waals surface area contributed by atoms with E-state index in [0.29, 0.717) is 6.04 Å². The Morgan fingerprint density at radius 2 is 2.00 bits per heavy atom. The highest BCUT2D eigenvalue weighted by molar-refractivity contribution is 5.33. The maximum Gasteiger partial charge on any atom is 0.0946 e. The summed E-state index contributed by atoms with van der Waals surface area (Å²) >= 11 is 0. The molecule has 1 aromatic carbocycles. The van der Waals surface area contributed by atoms with E-state index in [4.69, 9.17) is 0 Å². The summed E-state index contributed by atoms with van der Waals surface area (Å²) in [4.78, 5) is 4.06. The number of aromatic nitrogens is 2. The zero-order valence-corrected chi connectivity index (χ0v) is 11.4. The van der Waals surface area contributed by atoms with Gasteiger partial charge in [0.1, 0.15) is 0 Å². The fourth-order valence-corrected chi connectivity index (χ4v) is 2.18. The van der Waals surface area contributed by atoms with E-state index in [-0.39, 0.29) is 0 Å². The average molecular weight is 243 g/mol. The predicted molar refractivity (Wildman–Crippen MR) is 74.4 cm³/mol. The number of nitrogens with one attached hydrogen (secondary N) is 1. The Bertz CT molecular complexity index is 468. The second-order valence-electron chi connectivity index (χ2n) is 4.91. The first-order chi connectivity index (χ1) is 8.66. The van der Waals surface area contributed by atoms with Crippen LogP contribution in [0.25, 0.3) is 0 Å². The Balaban J connectivity index is 1.91. The monoisotopic (exact) mass is 243 g/mol. The van der Waals surface area contributed by atoms with Gasteiger partial charge in [-0.2, -0.15) is 0 Å². The normalized spacial score (nSPS) is 12.6. The zero-order valence-electron chi connectivity index (χ0n) is 11.4. The molecule has 0 bridgehead atoms. The lowest BCUT2D eigenvalue weighted by molar-refractivity contribution is 0.475. The Morgan fingerprint density at radius 3 is 2.61 bits per heavy atom. The molecule has 1 N–H and O–H groups in total. The Labute approximate surface area is 109 Å². The largest absolute Gasteiger partial charge is 0.336 e. The van der Waals surface area contributed by atoms with Crippen LogP contribution in [0.5, 0.6) is 0 Å². The van der Waals surface area contributed by atoms with Gasteiger partial charge in [0.25, 0.3) is 0 Å². The summed E-state index contributed by atoms with van der Waals surface area (Å²) in [7, 11) is 0. The van der Waals surface area contributed by atoms with E-state index in [1.165, 1.54) is 16.7 Å². The van der Waals surface area contributed by atoms with Crippen molar-refractivity contribution >= 4 is 0 Å². The molecule has 96 valence electrons. The van der Waals surface area contributed by atoms with Crippen LogP contribution in [0.2, 0.25) is 0 Å². The van der Waals surface area contributed by atoms with Crippen LogP contribution in [0.1, 0.15) is 23.6 Å². The van der Waals surface area contributed by atoms with E-state index < -0.39 is 0 Å². The molecule has 0 aliphatic rings. The van der Waals surface area contributed by atoms with Crippen molar-refractivity contribution in [3.8, 4) is 0 Å². The van der Waals surface area contributed by atoms with Crippen molar-refractivity contribution in [1.29, 1.82) is 0 Å². The summed E-state index contributed by atoms with van der Waals surface area (Å²) in [5.41, 5.74) is 4.13. The molecule has 0 aliphatic carbocycles. The third kappa shape index (κ3) is 3.20. The van der Waals surface area contributed by atoms with Gasteiger partial charge in [-0.25, -0.2) is 4.98 Å². The first kappa shape index (κ1) is 12.8. The maximum absolute atomic E-state index is 4.06.